The summed E-state index contributed by atoms with van der Waals surface area (Å²) in [6.07, 6.45) is 6.15. The second-order valence-electron chi connectivity index (χ2n) is 8.69. The van der Waals surface area contributed by atoms with Gasteiger partial charge in [0.15, 0.2) is 0 Å². The van der Waals surface area contributed by atoms with E-state index < -0.39 is 0 Å². The Balaban J connectivity index is 1.64. The minimum Gasteiger partial charge on any atom is -0.379 e. The number of fused-ring (bicyclic) bond motifs is 1. The maximum Gasteiger partial charge on any atom is 0.267 e. The van der Waals surface area contributed by atoms with E-state index in [2.05, 4.69) is 5.32 Å². The van der Waals surface area contributed by atoms with Gasteiger partial charge in [-0.05, 0) is 57.7 Å². The molecule has 4 rings (SSSR count). The standard InChI is InChI=1S/C24H30N4O4S2/c1-15(2)31-12-6-9-25-20-18(22(29)27-10-4-7-16(3)21(27)26-20)13-19-23(30)28(24(33)34-19)14-17-8-5-11-32-17/h4,7,10,13,15,17,25H,5-6,8-9,11-12,14H2,1-3H3/b19-13-/t17-/m1/s1. The number of thiocarbonyl (C=S) groups is 1. The van der Waals surface area contributed by atoms with Gasteiger partial charge in [0.1, 0.15) is 15.8 Å². The van der Waals surface area contributed by atoms with Crippen LogP contribution in [0, 0.1) is 6.92 Å². The normalized spacial score (nSPS) is 19.8. The highest BCUT2D eigenvalue weighted by Gasteiger charge is 2.35. The lowest BCUT2D eigenvalue weighted by atomic mass is 10.2. The molecule has 2 aliphatic heterocycles. The second kappa shape index (κ2) is 11.0. The summed E-state index contributed by atoms with van der Waals surface area (Å²) in [7, 11) is 0. The molecule has 1 atom stereocenters. The predicted octanol–water partition coefficient (Wildman–Crippen LogP) is 3.61. The molecule has 1 amide bonds. The average Bonchev–Trinajstić information content (AvgIpc) is 3.40. The second-order valence-corrected chi connectivity index (χ2v) is 10.4. The SMILES string of the molecule is Cc1cccn2c(=O)c(/C=C3\SC(=S)N(C[C@H]4CCCO4)C3=O)c(NCCCOC(C)C)nc12. The zero-order chi connectivity index (χ0) is 24.2. The topological polar surface area (TPSA) is 85.2 Å². The number of anilines is 1. The number of rotatable bonds is 9. The van der Waals surface area contributed by atoms with Crippen molar-refractivity contribution in [1.82, 2.24) is 14.3 Å². The van der Waals surface area contributed by atoms with Crippen LogP contribution >= 0.6 is 24.0 Å². The van der Waals surface area contributed by atoms with Gasteiger partial charge in [-0.25, -0.2) is 4.98 Å². The lowest BCUT2D eigenvalue weighted by molar-refractivity contribution is -0.123. The van der Waals surface area contributed by atoms with Crippen molar-refractivity contribution in [1.29, 1.82) is 0 Å². The van der Waals surface area contributed by atoms with E-state index in [0.717, 1.165) is 24.8 Å². The van der Waals surface area contributed by atoms with Crippen LogP contribution in [-0.4, -0.2) is 63.0 Å². The van der Waals surface area contributed by atoms with Crippen LogP contribution in [0.3, 0.4) is 0 Å². The lowest BCUT2D eigenvalue weighted by Gasteiger charge is -2.18. The van der Waals surface area contributed by atoms with Gasteiger partial charge in [0.25, 0.3) is 11.5 Å². The van der Waals surface area contributed by atoms with Crippen LogP contribution in [0.2, 0.25) is 0 Å². The number of hydrogen-bond donors (Lipinski definition) is 1. The smallest absolute Gasteiger partial charge is 0.267 e. The molecule has 1 N–H and O–H groups in total. The molecular weight excluding hydrogens is 472 g/mol. The Morgan fingerprint density at radius 1 is 1.41 bits per heavy atom. The molecule has 0 aromatic carbocycles. The van der Waals surface area contributed by atoms with Crippen molar-refractivity contribution in [3.63, 3.8) is 0 Å². The summed E-state index contributed by atoms with van der Waals surface area (Å²) in [5, 5.41) is 3.28. The van der Waals surface area contributed by atoms with Gasteiger partial charge < -0.3 is 14.8 Å². The number of carbonyl (C=O) groups excluding carboxylic acids is 1. The van der Waals surface area contributed by atoms with Gasteiger partial charge in [0.2, 0.25) is 0 Å². The number of pyridine rings is 1. The molecule has 2 aromatic heterocycles. The molecule has 0 radical (unpaired) electrons. The average molecular weight is 503 g/mol. The van der Waals surface area contributed by atoms with Gasteiger partial charge in [-0.15, -0.1) is 0 Å². The molecule has 0 saturated carbocycles. The van der Waals surface area contributed by atoms with Crippen LogP contribution in [-0.2, 0) is 14.3 Å². The molecule has 2 aromatic rings. The lowest BCUT2D eigenvalue weighted by Crippen LogP contribution is -2.35. The molecule has 0 aliphatic carbocycles. The minimum absolute atomic E-state index is 0.00284. The van der Waals surface area contributed by atoms with Gasteiger partial charge in [-0.1, -0.05) is 30.0 Å². The predicted molar refractivity (Wildman–Crippen MR) is 139 cm³/mol. The largest absolute Gasteiger partial charge is 0.379 e. The van der Waals surface area contributed by atoms with Gasteiger partial charge in [0, 0.05) is 26.0 Å². The van der Waals surface area contributed by atoms with E-state index in [-0.39, 0.29) is 23.7 Å². The number of amides is 1. The number of nitrogens with one attached hydrogen (secondary N) is 1. The summed E-state index contributed by atoms with van der Waals surface area (Å²) in [5.41, 5.74) is 1.57. The first-order valence-electron chi connectivity index (χ1n) is 11.6. The van der Waals surface area contributed by atoms with Crippen molar-refractivity contribution in [2.24, 2.45) is 0 Å². The van der Waals surface area contributed by atoms with E-state index in [1.165, 1.54) is 16.2 Å². The number of aromatic nitrogens is 2. The van der Waals surface area contributed by atoms with Crippen molar-refractivity contribution in [2.45, 2.75) is 52.2 Å². The van der Waals surface area contributed by atoms with Gasteiger partial charge >= 0.3 is 0 Å². The molecule has 34 heavy (non-hydrogen) atoms. The third kappa shape index (κ3) is 5.51. The molecule has 10 heteroatoms. The van der Waals surface area contributed by atoms with E-state index in [1.807, 2.05) is 32.9 Å². The Kier molecular flexibility index (Phi) is 8.02. The monoisotopic (exact) mass is 502 g/mol. The van der Waals surface area contributed by atoms with E-state index in [0.29, 0.717) is 52.6 Å². The zero-order valence-electron chi connectivity index (χ0n) is 19.7. The molecule has 182 valence electrons. The van der Waals surface area contributed by atoms with Crippen molar-refractivity contribution >= 4 is 51.7 Å². The van der Waals surface area contributed by atoms with Crippen LogP contribution in [0.25, 0.3) is 11.7 Å². The highest BCUT2D eigenvalue weighted by molar-refractivity contribution is 8.26. The molecule has 2 saturated heterocycles. The summed E-state index contributed by atoms with van der Waals surface area (Å²) >= 11 is 6.68. The fourth-order valence-corrected chi connectivity index (χ4v) is 5.21. The Morgan fingerprint density at radius 3 is 2.97 bits per heavy atom. The third-order valence-electron chi connectivity index (χ3n) is 5.71. The molecule has 0 bridgehead atoms. The molecule has 8 nitrogen and oxygen atoms in total. The number of aryl methyl sites for hydroxylation is 1. The molecule has 0 unspecified atom stereocenters. The number of thioether (sulfide) groups is 1. The fourth-order valence-electron chi connectivity index (χ4n) is 3.95. The van der Waals surface area contributed by atoms with E-state index >= 15 is 0 Å². The van der Waals surface area contributed by atoms with Crippen molar-refractivity contribution < 1.29 is 14.3 Å². The summed E-state index contributed by atoms with van der Waals surface area (Å²) < 4.78 is 13.3. The van der Waals surface area contributed by atoms with E-state index in [4.69, 9.17) is 26.7 Å². The summed E-state index contributed by atoms with van der Waals surface area (Å²) in [4.78, 5) is 33.3. The first-order valence-corrected chi connectivity index (χ1v) is 12.8. The van der Waals surface area contributed by atoms with Gasteiger partial charge in [-0.2, -0.15) is 0 Å². The number of hydrogen-bond acceptors (Lipinski definition) is 8. The maximum absolute atomic E-state index is 13.4. The molecular formula is C24H30N4O4S2. The summed E-state index contributed by atoms with van der Waals surface area (Å²) in [6, 6.07) is 3.73. The van der Waals surface area contributed by atoms with Gasteiger partial charge in [-0.3, -0.25) is 18.9 Å². The summed E-state index contributed by atoms with van der Waals surface area (Å²) in [5.74, 6) is 0.253. The zero-order valence-corrected chi connectivity index (χ0v) is 21.3. The maximum atomic E-state index is 13.4. The third-order valence-corrected chi connectivity index (χ3v) is 7.09. The van der Waals surface area contributed by atoms with Crippen LogP contribution in [0.5, 0.6) is 0 Å². The Bertz CT molecular complexity index is 1170. The molecule has 0 spiro atoms. The molecule has 4 heterocycles. The van der Waals surface area contributed by atoms with Crippen molar-refractivity contribution in [3.05, 3.63) is 44.7 Å². The Labute approximate surface area is 208 Å². The minimum atomic E-state index is -0.237. The van der Waals surface area contributed by atoms with Crippen LogP contribution in [0.1, 0.15) is 44.2 Å². The first kappa shape index (κ1) is 24.8. The number of carbonyl (C=O) groups is 1. The quantitative estimate of drug-likeness (QED) is 0.316. The fraction of sp³-hybridized carbons (Fsp3) is 0.500. The summed E-state index contributed by atoms with van der Waals surface area (Å²) in [6.45, 7) is 8.25. The number of ether oxygens (including phenoxy) is 2. The van der Waals surface area contributed by atoms with E-state index in [9.17, 15) is 9.59 Å². The Morgan fingerprint density at radius 2 is 2.24 bits per heavy atom. The van der Waals surface area contributed by atoms with Crippen molar-refractivity contribution in [3.8, 4) is 0 Å². The van der Waals surface area contributed by atoms with Crippen LogP contribution in [0.15, 0.2) is 28.0 Å². The number of nitrogens with zero attached hydrogens (tertiary/aromatic N) is 3. The highest BCUT2D eigenvalue weighted by atomic mass is 32.2. The van der Waals surface area contributed by atoms with E-state index in [1.54, 1.807) is 17.2 Å². The first-order chi connectivity index (χ1) is 16.3. The molecule has 2 fully saturated rings. The molecule has 2 aliphatic rings. The highest BCUT2D eigenvalue weighted by Crippen LogP contribution is 2.34. The van der Waals surface area contributed by atoms with Crippen molar-refractivity contribution in [2.75, 3.05) is 31.6 Å². The van der Waals surface area contributed by atoms with Gasteiger partial charge in [0.05, 0.1) is 29.2 Å². The van der Waals surface area contributed by atoms with Crippen LogP contribution in [0.4, 0.5) is 5.82 Å². The Hall–Kier alpha value is -2.27. The van der Waals surface area contributed by atoms with Crippen LogP contribution < -0.4 is 10.9 Å².